The van der Waals surface area contributed by atoms with Crippen LogP contribution in [0.15, 0.2) is 42.5 Å². The molecule has 114 valence electrons. The van der Waals surface area contributed by atoms with E-state index < -0.39 is 0 Å². The van der Waals surface area contributed by atoms with E-state index in [1.54, 1.807) is 0 Å². The van der Waals surface area contributed by atoms with Gasteiger partial charge >= 0.3 is 0 Å². The van der Waals surface area contributed by atoms with Gasteiger partial charge in [0.15, 0.2) is 5.65 Å². The van der Waals surface area contributed by atoms with E-state index in [-0.39, 0.29) is 0 Å². The van der Waals surface area contributed by atoms with Crippen molar-refractivity contribution in [2.75, 3.05) is 0 Å². The van der Waals surface area contributed by atoms with Gasteiger partial charge in [0, 0.05) is 17.0 Å². The highest BCUT2D eigenvalue weighted by molar-refractivity contribution is 7.71. The van der Waals surface area contributed by atoms with Crippen molar-refractivity contribution in [3.8, 4) is 0 Å². The number of aromatic amines is 1. The lowest BCUT2D eigenvalue weighted by molar-refractivity contribution is 0.842. The third-order valence-electron chi connectivity index (χ3n) is 3.96. The van der Waals surface area contributed by atoms with Gasteiger partial charge in [0.1, 0.15) is 5.52 Å². The summed E-state index contributed by atoms with van der Waals surface area (Å²) in [6.45, 7) is 2.79. The van der Waals surface area contributed by atoms with Gasteiger partial charge in [-0.3, -0.25) is 5.10 Å². The number of fused-ring (bicyclic) bond motifs is 3. The molecule has 0 spiro atoms. The third kappa shape index (κ3) is 2.42. The Bertz CT molecular complexity index is 1080. The fraction of sp³-hybridized carbons (Fsp3) is 0.118. The molecular weight excluding hydrogens is 328 g/mol. The maximum Gasteiger partial charge on any atom is 0.215 e. The second-order valence-corrected chi connectivity index (χ2v) is 6.32. The minimum absolute atomic E-state index is 0.385. The molecule has 4 aromatic rings. The topological polar surface area (TPSA) is 46.5 Å². The first-order valence-electron chi connectivity index (χ1n) is 7.22. The summed E-state index contributed by atoms with van der Waals surface area (Å²) in [5.74, 6) is 0. The molecule has 0 unspecified atom stereocenters. The first kappa shape index (κ1) is 14.4. The summed E-state index contributed by atoms with van der Waals surface area (Å²) in [5.41, 5.74) is 5.10. The molecule has 0 fully saturated rings. The molecule has 0 aliphatic carbocycles. The van der Waals surface area contributed by atoms with Crippen molar-refractivity contribution in [1.82, 2.24) is 19.7 Å². The lowest BCUT2D eigenvalue weighted by Crippen LogP contribution is -2.02. The van der Waals surface area contributed by atoms with Crippen molar-refractivity contribution in [2.45, 2.75) is 13.5 Å². The Morgan fingerprint density at radius 3 is 2.74 bits per heavy atom. The van der Waals surface area contributed by atoms with Crippen LogP contribution in [0.4, 0.5) is 0 Å². The van der Waals surface area contributed by atoms with E-state index in [1.165, 1.54) is 5.56 Å². The largest absolute Gasteiger partial charge is 0.319 e. The van der Waals surface area contributed by atoms with Gasteiger partial charge in [-0.25, -0.2) is 0 Å². The van der Waals surface area contributed by atoms with Crippen molar-refractivity contribution >= 4 is 45.9 Å². The molecule has 0 bridgehead atoms. The molecule has 4 nitrogen and oxygen atoms in total. The fourth-order valence-corrected chi connectivity index (χ4v) is 3.20. The summed E-state index contributed by atoms with van der Waals surface area (Å²) < 4.78 is 2.55. The van der Waals surface area contributed by atoms with Crippen LogP contribution >= 0.6 is 23.8 Å². The van der Waals surface area contributed by atoms with Gasteiger partial charge in [0.25, 0.3) is 0 Å². The van der Waals surface area contributed by atoms with Crippen LogP contribution in [0, 0.1) is 11.7 Å². The Morgan fingerprint density at radius 2 is 1.96 bits per heavy atom. The van der Waals surface area contributed by atoms with Gasteiger partial charge < -0.3 is 4.57 Å². The number of rotatable bonds is 2. The molecule has 1 N–H and O–H groups in total. The van der Waals surface area contributed by atoms with Crippen molar-refractivity contribution < 1.29 is 0 Å². The highest BCUT2D eigenvalue weighted by atomic mass is 35.5. The summed E-state index contributed by atoms with van der Waals surface area (Å²) in [5, 5.41) is 8.99. The van der Waals surface area contributed by atoms with Crippen LogP contribution in [0.2, 0.25) is 5.02 Å². The molecule has 2 aromatic carbocycles. The molecule has 0 aliphatic heterocycles. The van der Waals surface area contributed by atoms with Gasteiger partial charge in [-0.15, -0.1) is 0 Å². The van der Waals surface area contributed by atoms with Gasteiger partial charge in [0.05, 0.1) is 5.52 Å². The Balaban J connectivity index is 2.03. The molecule has 0 amide bonds. The second kappa shape index (κ2) is 5.44. The summed E-state index contributed by atoms with van der Waals surface area (Å²) in [6, 6.07) is 14.0. The molecule has 0 saturated carbocycles. The molecule has 2 aromatic heterocycles. The summed E-state index contributed by atoms with van der Waals surface area (Å²) in [4.78, 5) is 4.50. The smallest absolute Gasteiger partial charge is 0.215 e. The molecule has 4 rings (SSSR count). The van der Waals surface area contributed by atoms with Gasteiger partial charge in [-0.2, -0.15) is 10.1 Å². The SMILES string of the molecule is Cc1cccc2c3n[nH]c(=S)nc3n(Cc3ccc(Cl)cc3)c12. The van der Waals surface area contributed by atoms with Crippen molar-refractivity contribution in [3.05, 3.63) is 63.4 Å². The Kier molecular flexibility index (Phi) is 3.39. The Hall–Kier alpha value is -2.24. The number of hydrogen-bond acceptors (Lipinski definition) is 3. The van der Waals surface area contributed by atoms with Crippen LogP contribution in [-0.4, -0.2) is 19.7 Å². The zero-order valence-corrected chi connectivity index (χ0v) is 13.9. The number of hydrogen-bond donors (Lipinski definition) is 1. The average molecular weight is 341 g/mol. The van der Waals surface area contributed by atoms with Gasteiger partial charge in [-0.05, 0) is 42.4 Å². The van der Waals surface area contributed by atoms with E-state index in [2.05, 4.69) is 38.8 Å². The van der Waals surface area contributed by atoms with E-state index in [0.29, 0.717) is 11.3 Å². The van der Waals surface area contributed by atoms with Crippen LogP contribution in [0.1, 0.15) is 11.1 Å². The highest BCUT2D eigenvalue weighted by Gasteiger charge is 2.15. The van der Waals surface area contributed by atoms with Crippen LogP contribution in [0.5, 0.6) is 0 Å². The van der Waals surface area contributed by atoms with Crippen LogP contribution in [0.25, 0.3) is 22.1 Å². The predicted molar refractivity (Wildman–Crippen MR) is 95.5 cm³/mol. The zero-order valence-electron chi connectivity index (χ0n) is 12.4. The van der Waals surface area contributed by atoms with Crippen LogP contribution in [0.3, 0.4) is 0 Å². The molecular formula is C17H13ClN4S. The van der Waals surface area contributed by atoms with Crippen molar-refractivity contribution in [3.63, 3.8) is 0 Å². The number of H-pyrrole nitrogens is 1. The quantitative estimate of drug-likeness (QED) is 0.540. The summed E-state index contributed by atoms with van der Waals surface area (Å²) >= 11 is 11.1. The normalized spacial score (nSPS) is 11.4. The van der Waals surface area contributed by atoms with Crippen molar-refractivity contribution in [2.24, 2.45) is 0 Å². The third-order valence-corrected chi connectivity index (χ3v) is 4.39. The molecule has 6 heteroatoms. The molecule has 0 radical (unpaired) electrons. The summed E-state index contributed by atoms with van der Waals surface area (Å²) in [7, 11) is 0. The lowest BCUT2D eigenvalue weighted by Gasteiger charge is -2.08. The van der Waals surface area contributed by atoms with Crippen LogP contribution < -0.4 is 0 Å². The summed E-state index contributed by atoms with van der Waals surface area (Å²) in [6.07, 6.45) is 0. The fourth-order valence-electron chi connectivity index (χ4n) is 2.94. The monoisotopic (exact) mass is 340 g/mol. The maximum atomic E-state index is 5.98. The van der Waals surface area contributed by atoms with E-state index in [4.69, 9.17) is 23.8 Å². The number of para-hydroxylation sites is 1. The zero-order chi connectivity index (χ0) is 16.0. The van der Waals surface area contributed by atoms with E-state index in [1.807, 2.05) is 30.3 Å². The Labute approximate surface area is 142 Å². The highest BCUT2D eigenvalue weighted by Crippen LogP contribution is 2.29. The first-order chi connectivity index (χ1) is 11.1. The average Bonchev–Trinajstić information content (AvgIpc) is 2.84. The minimum atomic E-state index is 0.385. The molecule has 0 aliphatic rings. The van der Waals surface area contributed by atoms with E-state index >= 15 is 0 Å². The second-order valence-electron chi connectivity index (χ2n) is 5.50. The van der Waals surface area contributed by atoms with Crippen molar-refractivity contribution in [1.29, 1.82) is 0 Å². The number of aromatic nitrogens is 4. The number of nitrogens with one attached hydrogen (secondary N) is 1. The molecule has 0 atom stereocenters. The predicted octanol–water partition coefficient (Wildman–Crippen LogP) is 4.65. The van der Waals surface area contributed by atoms with Crippen LogP contribution in [-0.2, 0) is 6.54 Å². The Morgan fingerprint density at radius 1 is 1.17 bits per heavy atom. The first-order valence-corrected chi connectivity index (χ1v) is 8.01. The number of aryl methyl sites for hydroxylation is 1. The van der Waals surface area contributed by atoms with E-state index in [9.17, 15) is 0 Å². The minimum Gasteiger partial charge on any atom is -0.319 e. The van der Waals surface area contributed by atoms with Gasteiger partial charge in [0.2, 0.25) is 4.77 Å². The molecule has 0 saturated heterocycles. The number of benzene rings is 2. The van der Waals surface area contributed by atoms with E-state index in [0.717, 1.165) is 32.7 Å². The maximum absolute atomic E-state index is 5.98. The number of halogens is 1. The lowest BCUT2D eigenvalue weighted by atomic mass is 10.1. The van der Waals surface area contributed by atoms with Gasteiger partial charge in [-0.1, -0.05) is 41.9 Å². The molecule has 2 heterocycles. The number of nitrogens with zero attached hydrogens (tertiary/aromatic N) is 3. The standard InChI is InChI=1S/C17H13ClN4S/c1-10-3-2-4-13-14-16(19-17(23)21-20-14)22(15(10)13)9-11-5-7-12(18)8-6-11/h2-8H,9H2,1H3,(H,19,21,23). The molecule has 23 heavy (non-hydrogen) atoms.